The van der Waals surface area contributed by atoms with Crippen molar-refractivity contribution in [2.24, 2.45) is 0 Å². The summed E-state index contributed by atoms with van der Waals surface area (Å²) in [4.78, 5) is 9.08. The first-order valence-corrected chi connectivity index (χ1v) is 11.0. The fourth-order valence-corrected chi connectivity index (χ4v) is 6.14. The molecule has 2 aromatic heterocycles. The van der Waals surface area contributed by atoms with E-state index in [2.05, 4.69) is 9.97 Å². The number of hydrogen-bond acceptors (Lipinski definition) is 9. The molecule has 4 aromatic rings. The zero-order valence-corrected chi connectivity index (χ0v) is 18.2. The van der Waals surface area contributed by atoms with Gasteiger partial charge in [0.2, 0.25) is 0 Å². The molecule has 2 heterocycles. The maximum absolute atomic E-state index is 6.04. The molecule has 4 N–H and O–H groups in total. The number of aromatic nitrogens is 2. The Morgan fingerprint density at radius 3 is 1.62 bits per heavy atom. The summed E-state index contributed by atoms with van der Waals surface area (Å²) < 4.78 is 12.6. The van der Waals surface area contributed by atoms with Crippen LogP contribution in [-0.4, -0.2) is 24.2 Å². The first-order valence-electron chi connectivity index (χ1n) is 8.56. The molecule has 0 atom stereocenters. The minimum atomic E-state index is 0.505. The molecular formula is C20H18N4O2S3. The Morgan fingerprint density at radius 1 is 0.759 bits per heavy atom. The van der Waals surface area contributed by atoms with Crippen LogP contribution in [-0.2, 0) is 0 Å². The normalized spacial score (nSPS) is 10.8. The number of nitrogen functional groups attached to an aromatic ring is 2. The van der Waals surface area contributed by atoms with Crippen LogP contribution in [0.2, 0.25) is 0 Å². The van der Waals surface area contributed by atoms with Gasteiger partial charge in [0.1, 0.15) is 11.5 Å². The third-order valence-electron chi connectivity index (χ3n) is 4.10. The van der Waals surface area contributed by atoms with Crippen molar-refractivity contribution in [2.75, 3.05) is 25.7 Å². The van der Waals surface area contributed by atoms with E-state index in [1.165, 1.54) is 22.7 Å². The lowest BCUT2D eigenvalue weighted by Crippen LogP contribution is -1.87. The summed E-state index contributed by atoms with van der Waals surface area (Å²) in [6, 6.07) is 15.5. The van der Waals surface area contributed by atoms with Gasteiger partial charge in [-0.25, -0.2) is 9.97 Å². The third-order valence-corrected chi connectivity index (χ3v) is 7.21. The summed E-state index contributed by atoms with van der Waals surface area (Å²) in [5.41, 5.74) is 15.6. The van der Waals surface area contributed by atoms with Crippen LogP contribution >= 0.6 is 34.4 Å². The zero-order valence-electron chi connectivity index (χ0n) is 15.7. The van der Waals surface area contributed by atoms with Crippen LogP contribution in [0.1, 0.15) is 0 Å². The van der Waals surface area contributed by atoms with E-state index in [9.17, 15) is 0 Å². The van der Waals surface area contributed by atoms with E-state index < -0.39 is 0 Å². The molecule has 0 radical (unpaired) electrons. The monoisotopic (exact) mass is 442 g/mol. The van der Waals surface area contributed by atoms with Crippen molar-refractivity contribution >= 4 is 44.7 Å². The Balaban J connectivity index is 1.74. The van der Waals surface area contributed by atoms with Crippen molar-refractivity contribution in [3.63, 3.8) is 0 Å². The molecular weight excluding hydrogens is 424 g/mol. The lowest BCUT2D eigenvalue weighted by atomic mass is 10.1. The number of rotatable bonds is 6. The van der Waals surface area contributed by atoms with Crippen LogP contribution in [0.4, 0.5) is 10.3 Å². The highest BCUT2D eigenvalue weighted by Gasteiger charge is 2.19. The van der Waals surface area contributed by atoms with Gasteiger partial charge in [0.05, 0.1) is 34.0 Å². The van der Waals surface area contributed by atoms with E-state index in [0.29, 0.717) is 10.3 Å². The van der Waals surface area contributed by atoms with Crippen molar-refractivity contribution in [3.05, 3.63) is 48.5 Å². The number of methoxy groups -OCH3 is 2. The van der Waals surface area contributed by atoms with E-state index in [1.807, 2.05) is 48.5 Å². The summed E-state index contributed by atoms with van der Waals surface area (Å²) in [6.45, 7) is 0. The summed E-state index contributed by atoms with van der Waals surface area (Å²) >= 11 is 4.45. The van der Waals surface area contributed by atoms with Gasteiger partial charge >= 0.3 is 0 Å². The van der Waals surface area contributed by atoms with Gasteiger partial charge in [-0.15, -0.1) is 0 Å². The fraction of sp³-hybridized carbons (Fsp3) is 0.100. The van der Waals surface area contributed by atoms with Gasteiger partial charge in [-0.2, -0.15) is 0 Å². The molecule has 0 aliphatic carbocycles. The molecule has 6 nitrogen and oxygen atoms in total. The van der Waals surface area contributed by atoms with Gasteiger partial charge in [0.15, 0.2) is 10.3 Å². The number of anilines is 2. The standard InChI is InChI=1S/C20H18N4O2S3/c1-25-13-7-3-5-11(9-13)15-17(28-19(21)23-15)27-18-16(24-20(22)29-18)12-6-4-8-14(10-12)26-2/h3-10H,1-2H3,(H2,21,23)(H2,22,24). The molecule has 0 aliphatic heterocycles. The largest absolute Gasteiger partial charge is 0.497 e. The second kappa shape index (κ2) is 8.32. The van der Waals surface area contributed by atoms with E-state index in [1.54, 1.807) is 26.0 Å². The first-order chi connectivity index (χ1) is 14.1. The van der Waals surface area contributed by atoms with Crippen LogP contribution in [0.15, 0.2) is 56.9 Å². The lowest BCUT2D eigenvalue weighted by Gasteiger charge is -2.06. The molecule has 0 unspecified atom stereocenters. The van der Waals surface area contributed by atoms with Crippen LogP contribution in [0.25, 0.3) is 22.5 Å². The summed E-state index contributed by atoms with van der Waals surface area (Å²) in [5.74, 6) is 1.54. The predicted molar refractivity (Wildman–Crippen MR) is 121 cm³/mol. The highest BCUT2D eigenvalue weighted by Crippen LogP contribution is 2.47. The maximum atomic E-state index is 6.04. The smallest absolute Gasteiger partial charge is 0.181 e. The predicted octanol–water partition coefficient (Wildman–Crippen LogP) is 5.27. The fourth-order valence-electron chi connectivity index (χ4n) is 2.77. The SMILES string of the molecule is COc1cccc(-c2nc(N)sc2Sc2sc(N)nc2-c2cccc(OC)c2)c1. The van der Waals surface area contributed by atoms with Gasteiger partial charge in [0, 0.05) is 11.1 Å². The molecule has 9 heteroatoms. The number of benzene rings is 2. The van der Waals surface area contributed by atoms with E-state index >= 15 is 0 Å². The van der Waals surface area contributed by atoms with Gasteiger partial charge in [0.25, 0.3) is 0 Å². The van der Waals surface area contributed by atoms with Crippen molar-refractivity contribution in [1.82, 2.24) is 9.97 Å². The first kappa shape index (κ1) is 19.6. The van der Waals surface area contributed by atoms with Crippen LogP contribution in [0, 0.1) is 0 Å². The highest BCUT2D eigenvalue weighted by atomic mass is 32.2. The highest BCUT2D eigenvalue weighted by molar-refractivity contribution is 8.03. The second-order valence-corrected chi connectivity index (χ2v) is 9.54. The number of nitrogens with zero attached hydrogens (tertiary/aromatic N) is 2. The molecule has 0 saturated heterocycles. The van der Waals surface area contributed by atoms with E-state index in [0.717, 1.165) is 42.4 Å². The Hall–Kier alpha value is -2.75. The summed E-state index contributed by atoms with van der Waals surface area (Å²) in [6.07, 6.45) is 0. The molecule has 2 aromatic carbocycles. The molecule has 29 heavy (non-hydrogen) atoms. The summed E-state index contributed by atoms with van der Waals surface area (Å²) in [7, 11) is 3.29. The molecule has 0 spiro atoms. The molecule has 0 bridgehead atoms. The van der Waals surface area contributed by atoms with Crippen LogP contribution in [0.5, 0.6) is 11.5 Å². The topological polar surface area (TPSA) is 96.3 Å². The summed E-state index contributed by atoms with van der Waals surface area (Å²) in [5, 5.41) is 1.01. The Morgan fingerprint density at radius 2 is 1.21 bits per heavy atom. The van der Waals surface area contributed by atoms with E-state index in [-0.39, 0.29) is 0 Å². The average molecular weight is 443 g/mol. The lowest BCUT2D eigenvalue weighted by molar-refractivity contribution is 0.415. The quantitative estimate of drug-likeness (QED) is 0.420. The van der Waals surface area contributed by atoms with Crippen molar-refractivity contribution in [3.8, 4) is 34.0 Å². The molecule has 0 saturated carbocycles. The number of thiazole rings is 2. The minimum absolute atomic E-state index is 0.505. The molecule has 148 valence electrons. The van der Waals surface area contributed by atoms with Crippen LogP contribution in [0.3, 0.4) is 0 Å². The third kappa shape index (κ3) is 4.16. The Bertz CT molecular complexity index is 1070. The van der Waals surface area contributed by atoms with Gasteiger partial charge in [-0.3, -0.25) is 0 Å². The van der Waals surface area contributed by atoms with Crippen LogP contribution < -0.4 is 20.9 Å². The van der Waals surface area contributed by atoms with E-state index in [4.69, 9.17) is 20.9 Å². The number of hydrogen-bond donors (Lipinski definition) is 2. The Labute approximate surface area is 180 Å². The van der Waals surface area contributed by atoms with Gasteiger partial charge in [-0.1, -0.05) is 58.7 Å². The molecule has 0 aliphatic rings. The minimum Gasteiger partial charge on any atom is -0.497 e. The van der Waals surface area contributed by atoms with Crippen molar-refractivity contribution in [1.29, 1.82) is 0 Å². The average Bonchev–Trinajstić information content (AvgIpc) is 3.30. The second-order valence-electron chi connectivity index (χ2n) is 5.94. The van der Waals surface area contributed by atoms with Gasteiger partial charge in [-0.05, 0) is 24.3 Å². The van der Waals surface area contributed by atoms with Crippen molar-refractivity contribution < 1.29 is 9.47 Å². The number of nitrogens with two attached hydrogens (primary N) is 2. The maximum Gasteiger partial charge on any atom is 0.181 e. The van der Waals surface area contributed by atoms with Gasteiger partial charge < -0.3 is 20.9 Å². The zero-order chi connectivity index (χ0) is 20.4. The molecule has 0 fully saturated rings. The van der Waals surface area contributed by atoms with Crippen molar-refractivity contribution in [2.45, 2.75) is 8.42 Å². The Kier molecular flexibility index (Phi) is 5.61. The molecule has 4 rings (SSSR count). The number of ether oxygens (including phenoxy) is 2. The molecule has 0 amide bonds.